The smallest absolute Gasteiger partial charge is 0.255 e. The van der Waals surface area contributed by atoms with Crippen LogP contribution in [0.15, 0.2) is 30.6 Å². The molecule has 2 saturated carbocycles. The monoisotopic (exact) mass is 392 g/mol. The summed E-state index contributed by atoms with van der Waals surface area (Å²) in [5.41, 5.74) is 2.81. The van der Waals surface area contributed by atoms with Gasteiger partial charge in [-0.15, -0.1) is 0 Å². The van der Waals surface area contributed by atoms with Crippen LogP contribution < -0.4 is 15.4 Å². The molecule has 2 N–H and O–H groups in total. The van der Waals surface area contributed by atoms with E-state index in [0.29, 0.717) is 18.2 Å². The Kier molecular flexibility index (Phi) is 4.09. The van der Waals surface area contributed by atoms with Crippen LogP contribution >= 0.6 is 0 Å². The molecule has 1 amide bonds. The number of carbonyl (C=O) groups excluding carboxylic acids is 1. The van der Waals surface area contributed by atoms with Crippen molar-refractivity contribution in [1.29, 1.82) is 0 Å². The number of aromatic nitrogens is 2. The lowest BCUT2D eigenvalue weighted by atomic mass is 9.49. The molecule has 3 aliphatic rings. The Bertz CT molecular complexity index is 967. The molecule has 1 aromatic carbocycles. The first-order chi connectivity index (χ1) is 13.9. The van der Waals surface area contributed by atoms with Gasteiger partial charge in [-0.05, 0) is 32.3 Å². The van der Waals surface area contributed by atoms with Crippen LogP contribution in [0.2, 0.25) is 0 Å². The summed E-state index contributed by atoms with van der Waals surface area (Å²) in [6, 6.07) is 8.42. The van der Waals surface area contributed by atoms with E-state index in [0.717, 1.165) is 42.1 Å². The number of nitrogens with one attached hydrogen (secondary N) is 2. The van der Waals surface area contributed by atoms with E-state index in [1.807, 2.05) is 25.1 Å². The molecule has 6 heteroatoms. The van der Waals surface area contributed by atoms with Gasteiger partial charge in [-0.2, -0.15) is 0 Å². The van der Waals surface area contributed by atoms with Crippen molar-refractivity contribution in [3.63, 3.8) is 0 Å². The molecule has 1 aliphatic heterocycles. The molecule has 1 spiro atoms. The maximum absolute atomic E-state index is 13.1. The van der Waals surface area contributed by atoms with E-state index in [1.165, 1.54) is 6.42 Å². The fraction of sp³-hybridized carbons (Fsp3) is 0.522. The maximum Gasteiger partial charge on any atom is 0.255 e. The number of rotatable bonds is 4. The van der Waals surface area contributed by atoms with E-state index in [4.69, 9.17) is 4.74 Å². The Morgan fingerprint density at radius 3 is 2.76 bits per heavy atom. The number of amides is 1. The van der Waals surface area contributed by atoms with Gasteiger partial charge in [0.15, 0.2) is 0 Å². The van der Waals surface area contributed by atoms with E-state index >= 15 is 0 Å². The molecule has 0 bridgehead atoms. The normalized spacial score (nSPS) is 25.3. The second kappa shape index (κ2) is 6.44. The van der Waals surface area contributed by atoms with Gasteiger partial charge in [-0.25, -0.2) is 9.97 Å². The van der Waals surface area contributed by atoms with Gasteiger partial charge in [0.1, 0.15) is 17.9 Å². The van der Waals surface area contributed by atoms with Gasteiger partial charge in [0.2, 0.25) is 0 Å². The van der Waals surface area contributed by atoms with Crippen LogP contribution in [0.5, 0.6) is 5.75 Å². The summed E-state index contributed by atoms with van der Waals surface area (Å²) in [6.45, 7) is 6.89. The van der Waals surface area contributed by atoms with Crippen LogP contribution in [0.25, 0.3) is 0 Å². The lowest BCUT2D eigenvalue weighted by molar-refractivity contribution is -0.0301. The molecule has 2 aromatic rings. The number of fused-ring (bicyclic) bond motifs is 1. The largest absolute Gasteiger partial charge is 0.492 e. The molecule has 2 fully saturated rings. The Hall–Kier alpha value is -2.63. The van der Waals surface area contributed by atoms with Crippen LogP contribution in [0.3, 0.4) is 0 Å². The number of hydrogen-bond acceptors (Lipinski definition) is 5. The second-order valence-corrected chi connectivity index (χ2v) is 9.44. The van der Waals surface area contributed by atoms with Gasteiger partial charge in [0.25, 0.3) is 5.91 Å². The van der Waals surface area contributed by atoms with Gasteiger partial charge in [0.05, 0.1) is 12.2 Å². The van der Waals surface area contributed by atoms with Crippen molar-refractivity contribution in [3.8, 4) is 5.75 Å². The minimum absolute atomic E-state index is 0.0212. The highest BCUT2D eigenvalue weighted by Gasteiger charge is 2.59. The molecule has 2 heterocycles. The van der Waals surface area contributed by atoms with Crippen molar-refractivity contribution in [2.45, 2.75) is 64.0 Å². The van der Waals surface area contributed by atoms with Gasteiger partial charge >= 0.3 is 0 Å². The first kappa shape index (κ1) is 18.4. The summed E-state index contributed by atoms with van der Waals surface area (Å²) < 4.78 is 5.92. The summed E-state index contributed by atoms with van der Waals surface area (Å²) >= 11 is 0. The summed E-state index contributed by atoms with van der Waals surface area (Å²) in [5, 5.41) is 6.90. The fourth-order valence-electron chi connectivity index (χ4n) is 5.16. The second-order valence-electron chi connectivity index (χ2n) is 9.44. The van der Waals surface area contributed by atoms with Gasteiger partial charge in [-0.1, -0.05) is 32.4 Å². The van der Waals surface area contributed by atoms with Gasteiger partial charge < -0.3 is 15.4 Å². The molecule has 1 aromatic heterocycles. The fourth-order valence-corrected chi connectivity index (χ4v) is 5.16. The lowest BCUT2D eigenvalue weighted by Gasteiger charge is -2.61. The van der Waals surface area contributed by atoms with Gasteiger partial charge in [0, 0.05) is 40.2 Å². The summed E-state index contributed by atoms with van der Waals surface area (Å²) in [5.74, 6) is 1.60. The summed E-state index contributed by atoms with van der Waals surface area (Å²) in [7, 11) is 0. The van der Waals surface area contributed by atoms with Crippen molar-refractivity contribution in [3.05, 3.63) is 47.4 Å². The zero-order valence-electron chi connectivity index (χ0n) is 17.3. The molecule has 6 nitrogen and oxygen atoms in total. The first-order valence-electron chi connectivity index (χ1n) is 10.5. The van der Waals surface area contributed by atoms with Crippen molar-refractivity contribution in [1.82, 2.24) is 15.3 Å². The van der Waals surface area contributed by atoms with E-state index in [9.17, 15) is 4.79 Å². The molecule has 2 atom stereocenters. The van der Waals surface area contributed by atoms with Crippen LogP contribution in [-0.4, -0.2) is 34.6 Å². The summed E-state index contributed by atoms with van der Waals surface area (Å²) in [6.07, 6.45) is 5.99. The summed E-state index contributed by atoms with van der Waals surface area (Å²) in [4.78, 5) is 21.6. The minimum Gasteiger partial charge on any atom is -0.492 e. The highest BCUT2D eigenvalue weighted by Crippen LogP contribution is 2.57. The number of anilines is 1. The van der Waals surface area contributed by atoms with E-state index in [-0.39, 0.29) is 22.8 Å². The number of nitrogens with zero attached hydrogens (tertiary/aromatic N) is 2. The Morgan fingerprint density at radius 1 is 1.21 bits per heavy atom. The zero-order chi connectivity index (χ0) is 20.2. The minimum atomic E-state index is -0.0536. The SMILES string of the molecule is Cc1cc(NC2CC(NC(=O)c3cccc4c3OCC4(C)C)C23CCC3)ncn1. The standard InChI is InChI=1S/C23H28N4O2/c1-14-10-19(25-13-24-14)26-17-11-18(23(17)8-5-9-23)27-21(28)15-6-4-7-16-20(15)29-12-22(16,2)3/h4,6-7,10,13,17-18H,5,8-9,11-12H2,1-3H3,(H,27,28)(H,24,25,26). The number of aryl methyl sites for hydroxylation is 1. The Labute approximate surface area is 171 Å². The topological polar surface area (TPSA) is 76.1 Å². The highest BCUT2D eigenvalue weighted by atomic mass is 16.5. The number of para-hydroxylation sites is 1. The number of hydrogen-bond donors (Lipinski definition) is 2. The predicted octanol–water partition coefficient (Wildman–Crippen LogP) is 3.61. The molecule has 29 heavy (non-hydrogen) atoms. The molecule has 0 saturated heterocycles. The lowest BCUT2D eigenvalue weighted by Crippen LogP contribution is -2.69. The van der Waals surface area contributed by atoms with E-state index in [2.05, 4.69) is 40.5 Å². The number of ether oxygens (including phenoxy) is 1. The van der Waals surface area contributed by atoms with Crippen molar-refractivity contribution < 1.29 is 9.53 Å². The Balaban J connectivity index is 1.31. The third-order valence-corrected chi connectivity index (χ3v) is 7.14. The van der Waals surface area contributed by atoms with Crippen LogP contribution in [-0.2, 0) is 5.41 Å². The van der Waals surface area contributed by atoms with E-state index in [1.54, 1.807) is 6.33 Å². The quantitative estimate of drug-likeness (QED) is 0.831. The molecule has 2 unspecified atom stereocenters. The van der Waals surface area contributed by atoms with Crippen LogP contribution in [0.4, 0.5) is 5.82 Å². The predicted molar refractivity (Wildman–Crippen MR) is 111 cm³/mol. The average Bonchev–Trinajstić information content (AvgIpc) is 2.94. The molecule has 2 aliphatic carbocycles. The number of benzene rings is 1. The first-order valence-corrected chi connectivity index (χ1v) is 10.5. The number of carbonyl (C=O) groups is 1. The molecular formula is C23H28N4O2. The molecule has 152 valence electrons. The Morgan fingerprint density at radius 2 is 2.03 bits per heavy atom. The van der Waals surface area contributed by atoms with Crippen LogP contribution in [0, 0.1) is 12.3 Å². The third kappa shape index (κ3) is 2.88. The van der Waals surface area contributed by atoms with Crippen molar-refractivity contribution >= 4 is 11.7 Å². The van der Waals surface area contributed by atoms with Crippen LogP contribution in [0.1, 0.15) is 61.1 Å². The zero-order valence-corrected chi connectivity index (χ0v) is 17.3. The molecular weight excluding hydrogens is 364 g/mol. The van der Waals surface area contributed by atoms with Gasteiger partial charge in [-0.3, -0.25) is 4.79 Å². The van der Waals surface area contributed by atoms with Crippen molar-refractivity contribution in [2.75, 3.05) is 11.9 Å². The maximum atomic E-state index is 13.1. The molecule has 0 radical (unpaired) electrons. The van der Waals surface area contributed by atoms with E-state index < -0.39 is 0 Å². The highest BCUT2D eigenvalue weighted by molar-refractivity contribution is 5.98. The average molecular weight is 393 g/mol. The van der Waals surface area contributed by atoms with Crippen molar-refractivity contribution in [2.24, 2.45) is 5.41 Å². The molecule has 5 rings (SSSR count). The third-order valence-electron chi connectivity index (χ3n) is 7.14.